The number of fused-ring (bicyclic) bond motifs is 2. The molecule has 1 aromatic heterocycles. The van der Waals surface area contributed by atoms with Crippen molar-refractivity contribution in [1.29, 1.82) is 0 Å². The van der Waals surface area contributed by atoms with Gasteiger partial charge >= 0.3 is 14.1 Å². The first-order chi connectivity index (χ1) is 11.5. The highest BCUT2D eigenvalue weighted by Gasteiger charge is 2.56. The second-order valence-corrected chi connectivity index (χ2v) is 11.2. The summed E-state index contributed by atoms with van der Waals surface area (Å²) in [4.78, 5) is 6.94. The minimum atomic E-state index is -0.119. The number of aliphatic imine (C=N–C) groups is 1. The average Bonchev–Trinajstić information content (AvgIpc) is 3.46. The number of amidine groups is 1. The number of aryl methyl sites for hydroxylation is 1. The van der Waals surface area contributed by atoms with Crippen LogP contribution in [0, 0.1) is 5.41 Å². The van der Waals surface area contributed by atoms with E-state index in [1.54, 1.807) is 0 Å². The quantitative estimate of drug-likeness (QED) is 0.537. The molecule has 3 aliphatic heterocycles. The molecule has 4 aliphatic rings. The van der Waals surface area contributed by atoms with Gasteiger partial charge in [-0.2, -0.15) is 0 Å². The van der Waals surface area contributed by atoms with Crippen LogP contribution in [0.15, 0.2) is 14.8 Å². The van der Waals surface area contributed by atoms with Crippen LogP contribution in [0.4, 0.5) is 0 Å². The minimum absolute atomic E-state index is 0.119. The van der Waals surface area contributed by atoms with Crippen molar-refractivity contribution in [3.63, 3.8) is 0 Å². The zero-order valence-corrected chi connectivity index (χ0v) is 17.1. The zero-order chi connectivity index (χ0) is 16.5. The lowest BCUT2D eigenvalue weighted by molar-refractivity contribution is 0.133. The van der Waals surface area contributed by atoms with Crippen LogP contribution in [0.5, 0.6) is 0 Å². The average molecular weight is 425 g/mol. The van der Waals surface area contributed by atoms with E-state index in [0.717, 1.165) is 30.4 Å². The SMILES string of the molecule is CC1(C)CCc2sc(Br)cc2C12CCSC(N(B1CO1)B1CO1)=N2. The monoisotopic (exact) mass is 424 g/mol. The van der Waals surface area contributed by atoms with Crippen LogP contribution in [-0.2, 0) is 21.3 Å². The molecule has 1 unspecified atom stereocenters. The Morgan fingerprint density at radius 2 is 1.96 bits per heavy atom. The molecule has 0 bridgehead atoms. The first-order valence-corrected chi connectivity index (χ1v) is 11.1. The highest BCUT2D eigenvalue weighted by atomic mass is 79.9. The molecule has 0 amide bonds. The molecule has 1 aliphatic carbocycles. The second kappa shape index (κ2) is 5.52. The highest BCUT2D eigenvalue weighted by molar-refractivity contribution is 9.11. The lowest BCUT2D eigenvalue weighted by Gasteiger charge is -2.50. The maximum absolute atomic E-state index is 5.57. The van der Waals surface area contributed by atoms with Gasteiger partial charge in [0.15, 0.2) is 0 Å². The number of thioether (sulfide) groups is 1. The molecule has 0 aromatic carbocycles. The van der Waals surface area contributed by atoms with E-state index in [2.05, 4.69) is 40.6 Å². The Morgan fingerprint density at radius 1 is 1.25 bits per heavy atom. The molecule has 1 atom stereocenters. The van der Waals surface area contributed by atoms with Crippen molar-refractivity contribution in [2.24, 2.45) is 10.4 Å². The third-order valence-corrected chi connectivity index (χ3v) is 8.44. The van der Waals surface area contributed by atoms with Crippen molar-refractivity contribution in [3.05, 3.63) is 20.3 Å². The van der Waals surface area contributed by atoms with Gasteiger partial charge in [-0.1, -0.05) is 25.6 Å². The van der Waals surface area contributed by atoms with Crippen LogP contribution in [0.25, 0.3) is 0 Å². The standard InChI is InChI=1S/C15H19B2BrN2O2S2/c1-14(2)4-3-11-10(7-12(18)24-11)15(14)5-6-23-13(19-15)20(16-8-21-16)17-9-22-17/h7H,3-6,8-9H2,1-2H3. The van der Waals surface area contributed by atoms with Gasteiger partial charge in [0.1, 0.15) is 5.17 Å². The van der Waals surface area contributed by atoms with Gasteiger partial charge in [0, 0.05) is 10.6 Å². The first kappa shape index (κ1) is 16.2. The number of halogens is 1. The van der Waals surface area contributed by atoms with Crippen molar-refractivity contribution in [1.82, 2.24) is 4.72 Å². The number of nitrogens with zero attached hydrogens (tertiary/aromatic N) is 2. The third kappa shape index (κ3) is 2.46. The van der Waals surface area contributed by atoms with Gasteiger partial charge < -0.3 is 14.0 Å². The van der Waals surface area contributed by atoms with Crippen molar-refractivity contribution >= 4 is 58.3 Å². The maximum atomic E-state index is 5.57. The Bertz CT molecular complexity index is 708. The van der Waals surface area contributed by atoms with Gasteiger partial charge in [-0.25, -0.2) is 0 Å². The molecule has 4 heterocycles. The Kier molecular flexibility index (Phi) is 3.74. The van der Waals surface area contributed by atoms with E-state index in [9.17, 15) is 0 Å². The van der Waals surface area contributed by atoms with Gasteiger partial charge in [0.05, 0.1) is 22.3 Å². The lowest BCUT2D eigenvalue weighted by atomic mass is 9.61. The maximum Gasteiger partial charge on any atom is 0.431 e. The lowest BCUT2D eigenvalue weighted by Crippen LogP contribution is -2.50. The Hall–Kier alpha value is 0.0499. The largest absolute Gasteiger partial charge is 0.431 e. The van der Waals surface area contributed by atoms with E-state index in [0.29, 0.717) is 0 Å². The molecule has 126 valence electrons. The number of thiophene rings is 1. The van der Waals surface area contributed by atoms with Crippen LogP contribution < -0.4 is 0 Å². The van der Waals surface area contributed by atoms with E-state index >= 15 is 0 Å². The van der Waals surface area contributed by atoms with Crippen molar-refractivity contribution in [2.45, 2.75) is 38.6 Å². The summed E-state index contributed by atoms with van der Waals surface area (Å²) >= 11 is 7.45. The predicted octanol–water partition coefficient (Wildman–Crippen LogP) is 3.59. The van der Waals surface area contributed by atoms with Crippen LogP contribution in [0.3, 0.4) is 0 Å². The molecule has 1 aromatic rings. The van der Waals surface area contributed by atoms with Gasteiger partial charge in [-0.3, -0.25) is 4.99 Å². The molecule has 24 heavy (non-hydrogen) atoms. The number of hydrogen-bond donors (Lipinski definition) is 0. The predicted molar refractivity (Wildman–Crippen MR) is 106 cm³/mol. The molecule has 2 fully saturated rings. The topological polar surface area (TPSA) is 40.7 Å². The van der Waals surface area contributed by atoms with Gasteiger partial charge in [0.25, 0.3) is 0 Å². The molecule has 2 saturated heterocycles. The van der Waals surface area contributed by atoms with Crippen molar-refractivity contribution in [2.75, 3.05) is 18.8 Å². The summed E-state index contributed by atoms with van der Waals surface area (Å²) in [5.74, 6) is 1.10. The van der Waals surface area contributed by atoms with E-state index in [1.165, 1.54) is 27.1 Å². The number of hydrogen-bond acceptors (Lipinski definition) is 6. The van der Waals surface area contributed by atoms with Crippen LogP contribution >= 0.6 is 39.0 Å². The van der Waals surface area contributed by atoms with E-state index < -0.39 is 0 Å². The molecular weight excluding hydrogens is 406 g/mol. The molecule has 9 heteroatoms. The normalized spacial score (nSPS) is 30.2. The molecule has 0 radical (unpaired) electrons. The highest BCUT2D eigenvalue weighted by Crippen LogP contribution is 2.57. The van der Waals surface area contributed by atoms with Crippen LogP contribution in [0.2, 0.25) is 0 Å². The van der Waals surface area contributed by atoms with E-state index in [4.69, 9.17) is 14.3 Å². The summed E-state index contributed by atoms with van der Waals surface area (Å²) < 4.78 is 14.6. The van der Waals surface area contributed by atoms with Gasteiger partial charge in [0.2, 0.25) is 0 Å². The Balaban J connectivity index is 1.63. The zero-order valence-electron chi connectivity index (χ0n) is 13.9. The summed E-state index contributed by atoms with van der Waals surface area (Å²) in [6.07, 6.45) is 3.46. The fourth-order valence-corrected chi connectivity index (χ4v) is 7.08. The summed E-state index contributed by atoms with van der Waals surface area (Å²) in [5.41, 5.74) is 1.49. The van der Waals surface area contributed by atoms with E-state index in [-0.39, 0.29) is 25.1 Å². The smallest absolute Gasteiger partial charge is 0.418 e. The Labute approximate surface area is 160 Å². The summed E-state index contributed by atoms with van der Waals surface area (Å²) in [7, 11) is 0.332. The fraction of sp³-hybridized carbons (Fsp3) is 0.667. The van der Waals surface area contributed by atoms with E-state index in [1.807, 2.05) is 23.1 Å². The number of rotatable bonds is 2. The summed E-state index contributed by atoms with van der Waals surface area (Å²) in [6, 6.07) is 2.32. The van der Waals surface area contributed by atoms with Crippen LogP contribution in [-0.4, -0.2) is 42.8 Å². The minimum Gasteiger partial charge on any atom is -0.418 e. The third-order valence-electron chi connectivity index (χ3n) is 5.78. The fourth-order valence-electron chi connectivity index (χ4n) is 4.13. The van der Waals surface area contributed by atoms with Crippen molar-refractivity contribution < 1.29 is 9.31 Å². The molecule has 1 spiro atoms. The van der Waals surface area contributed by atoms with Gasteiger partial charge in [-0.05, 0) is 52.2 Å². The van der Waals surface area contributed by atoms with Gasteiger partial charge in [-0.15, -0.1) is 11.3 Å². The second-order valence-electron chi connectivity index (χ2n) is 7.61. The molecule has 0 N–H and O–H groups in total. The van der Waals surface area contributed by atoms with Crippen LogP contribution in [0.1, 0.15) is 37.1 Å². The van der Waals surface area contributed by atoms with Crippen molar-refractivity contribution in [3.8, 4) is 0 Å². The summed E-state index contributed by atoms with van der Waals surface area (Å²) in [6.45, 7) is 6.38. The summed E-state index contributed by atoms with van der Waals surface area (Å²) in [5, 5.41) is 1.12. The first-order valence-electron chi connectivity index (χ1n) is 8.53. The molecular formula is C15H19B2BrN2O2S2. The molecule has 4 nitrogen and oxygen atoms in total. The molecule has 0 saturated carbocycles. The Morgan fingerprint density at radius 3 is 2.62 bits per heavy atom. The molecule has 5 rings (SSSR count).